The molecule has 0 unspecified atom stereocenters. The number of primary amides is 1. The van der Waals surface area contributed by atoms with Gasteiger partial charge < -0.3 is 10.5 Å². The van der Waals surface area contributed by atoms with E-state index in [2.05, 4.69) is 9.97 Å². The second-order valence-corrected chi connectivity index (χ2v) is 4.03. The van der Waals surface area contributed by atoms with Gasteiger partial charge in [0.1, 0.15) is 11.4 Å². The summed E-state index contributed by atoms with van der Waals surface area (Å²) in [5.74, 6) is 0.179. The van der Waals surface area contributed by atoms with Crippen molar-refractivity contribution < 1.29 is 9.53 Å². The van der Waals surface area contributed by atoms with Crippen LogP contribution in [0.3, 0.4) is 0 Å². The summed E-state index contributed by atoms with van der Waals surface area (Å²) in [6.45, 7) is 2.71. The lowest BCUT2D eigenvalue weighted by molar-refractivity contribution is 0.0995. The average Bonchev–Trinajstić information content (AvgIpc) is 2.45. The van der Waals surface area contributed by atoms with Crippen molar-refractivity contribution in [2.75, 3.05) is 6.61 Å². The first-order chi connectivity index (χ1) is 9.20. The number of carbonyl (C=O) groups excluding carboxylic acids is 1. The number of rotatable bonds is 5. The fourth-order valence-electron chi connectivity index (χ4n) is 1.59. The summed E-state index contributed by atoms with van der Waals surface area (Å²) in [4.78, 5) is 19.2. The minimum atomic E-state index is -0.590. The number of nitrogens with two attached hydrogens (primary N) is 1. The van der Waals surface area contributed by atoms with Crippen LogP contribution in [0.15, 0.2) is 36.7 Å². The van der Waals surface area contributed by atoms with Crippen LogP contribution < -0.4 is 10.5 Å². The van der Waals surface area contributed by atoms with E-state index in [0.29, 0.717) is 12.3 Å². The van der Waals surface area contributed by atoms with Crippen LogP contribution in [-0.2, 0) is 0 Å². The summed E-state index contributed by atoms with van der Waals surface area (Å²) in [5.41, 5.74) is 6.77. The monoisotopic (exact) mass is 257 g/mol. The van der Waals surface area contributed by atoms with Gasteiger partial charge in [0.2, 0.25) is 0 Å². The lowest BCUT2D eigenvalue weighted by Crippen LogP contribution is -2.13. The number of carbonyl (C=O) groups is 1. The van der Waals surface area contributed by atoms with Gasteiger partial charge in [0.05, 0.1) is 24.7 Å². The van der Waals surface area contributed by atoms with E-state index in [-0.39, 0.29) is 5.69 Å². The van der Waals surface area contributed by atoms with E-state index in [0.717, 1.165) is 17.7 Å². The Bertz CT molecular complexity index is 584. The average molecular weight is 257 g/mol. The highest BCUT2D eigenvalue weighted by Crippen LogP contribution is 2.22. The van der Waals surface area contributed by atoms with Gasteiger partial charge in [-0.05, 0) is 18.6 Å². The van der Waals surface area contributed by atoms with Gasteiger partial charge in [0.15, 0.2) is 0 Å². The number of nitrogens with zero attached hydrogens (tertiary/aromatic N) is 2. The predicted octanol–water partition coefficient (Wildman–Crippen LogP) is 2.03. The highest BCUT2D eigenvalue weighted by atomic mass is 16.5. The highest BCUT2D eigenvalue weighted by molar-refractivity contribution is 5.90. The molecule has 0 aliphatic carbocycles. The molecule has 0 aliphatic rings. The zero-order valence-corrected chi connectivity index (χ0v) is 10.7. The van der Waals surface area contributed by atoms with E-state index in [1.54, 1.807) is 6.20 Å². The van der Waals surface area contributed by atoms with Crippen LogP contribution in [0.1, 0.15) is 23.8 Å². The predicted molar refractivity (Wildman–Crippen MR) is 71.8 cm³/mol. The number of hydrogen-bond donors (Lipinski definition) is 1. The third-order valence-electron chi connectivity index (χ3n) is 2.49. The van der Waals surface area contributed by atoms with Gasteiger partial charge in [0.25, 0.3) is 5.91 Å². The molecule has 0 fully saturated rings. The molecule has 0 spiro atoms. The van der Waals surface area contributed by atoms with Crippen LogP contribution in [0.2, 0.25) is 0 Å². The molecule has 1 aromatic heterocycles. The molecule has 0 bridgehead atoms. The van der Waals surface area contributed by atoms with E-state index in [1.807, 2.05) is 31.2 Å². The number of aromatic nitrogens is 2. The van der Waals surface area contributed by atoms with E-state index in [1.165, 1.54) is 6.20 Å². The van der Waals surface area contributed by atoms with Gasteiger partial charge in [-0.15, -0.1) is 0 Å². The molecule has 0 radical (unpaired) electrons. The minimum Gasteiger partial charge on any atom is -0.494 e. The Labute approximate surface area is 111 Å². The van der Waals surface area contributed by atoms with E-state index in [9.17, 15) is 4.79 Å². The summed E-state index contributed by atoms with van der Waals surface area (Å²) in [7, 11) is 0. The summed E-state index contributed by atoms with van der Waals surface area (Å²) < 4.78 is 5.56. The standard InChI is InChI=1S/C14H15N3O2/c1-2-6-19-11-5-3-4-10(7-11)12-8-16-9-13(17-12)14(15)18/h3-5,7-9H,2,6H2,1H3,(H2,15,18). The largest absolute Gasteiger partial charge is 0.494 e. The quantitative estimate of drug-likeness (QED) is 0.889. The van der Waals surface area contributed by atoms with Crippen molar-refractivity contribution in [2.45, 2.75) is 13.3 Å². The molecule has 1 aromatic carbocycles. The first kappa shape index (κ1) is 13.0. The van der Waals surface area contributed by atoms with E-state index >= 15 is 0 Å². The maximum absolute atomic E-state index is 11.1. The van der Waals surface area contributed by atoms with Gasteiger partial charge >= 0.3 is 0 Å². The Morgan fingerprint density at radius 2 is 2.21 bits per heavy atom. The molecule has 0 saturated heterocycles. The van der Waals surface area contributed by atoms with Crippen LogP contribution in [0, 0.1) is 0 Å². The summed E-state index contributed by atoms with van der Waals surface area (Å²) in [6, 6.07) is 7.50. The first-order valence-corrected chi connectivity index (χ1v) is 6.06. The Balaban J connectivity index is 2.30. The highest BCUT2D eigenvalue weighted by Gasteiger charge is 2.06. The molecule has 5 nitrogen and oxygen atoms in total. The van der Waals surface area contributed by atoms with Crippen molar-refractivity contribution >= 4 is 5.91 Å². The van der Waals surface area contributed by atoms with E-state index in [4.69, 9.17) is 10.5 Å². The van der Waals surface area contributed by atoms with Gasteiger partial charge in [-0.3, -0.25) is 9.78 Å². The molecule has 2 rings (SSSR count). The van der Waals surface area contributed by atoms with Crippen LogP contribution >= 0.6 is 0 Å². The van der Waals surface area contributed by atoms with Gasteiger partial charge in [-0.2, -0.15) is 0 Å². The number of ether oxygens (including phenoxy) is 1. The minimum absolute atomic E-state index is 0.150. The maximum Gasteiger partial charge on any atom is 0.268 e. The van der Waals surface area contributed by atoms with Crippen molar-refractivity contribution in [3.05, 3.63) is 42.4 Å². The first-order valence-electron chi connectivity index (χ1n) is 6.06. The van der Waals surface area contributed by atoms with Crippen molar-refractivity contribution in [2.24, 2.45) is 5.73 Å². The van der Waals surface area contributed by atoms with Crippen molar-refractivity contribution in [1.29, 1.82) is 0 Å². The summed E-state index contributed by atoms with van der Waals surface area (Å²) in [5, 5.41) is 0. The van der Waals surface area contributed by atoms with Crippen molar-refractivity contribution in [3.63, 3.8) is 0 Å². The fourth-order valence-corrected chi connectivity index (χ4v) is 1.59. The number of amides is 1. The van der Waals surface area contributed by atoms with Crippen molar-refractivity contribution in [3.8, 4) is 17.0 Å². The molecule has 2 N–H and O–H groups in total. The number of benzene rings is 1. The third kappa shape index (κ3) is 3.28. The molecule has 0 saturated carbocycles. The smallest absolute Gasteiger partial charge is 0.268 e. The summed E-state index contributed by atoms with van der Waals surface area (Å²) in [6.07, 6.45) is 3.88. The normalized spacial score (nSPS) is 10.2. The second-order valence-electron chi connectivity index (χ2n) is 4.03. The second kappa shape index (κ2) is 5.95. The molecule has 0 atom stereocenters. The Kier molecular flexibility index (Phi) is 4.07. The van der Waals surface area contributed by atoms with Gasteiger partial charge in [-0.25, -0.2) is 4.98 Å². The Hall–Kier alpha value is -2.43. The summed E-state index contributed by atoms with van der Waals surface area (Å²) >= 11 is 0. The third-order valence-corrected chi connectivity index (χ3v) is 2.49. The molecular formula is C14H15N3O2. The lowest BCUT2D eigenvalue weighted by Gasteiger charge is -2.07. The number of hydrogen-bond acceptors (Lipinski definition) is 4. The van der Waals surface area contributed by atoms with Crippen LogP contribution in [-0.4, -0.2) is 22.5 Å². The van der Waals surface area contributed by atoms with Crippen LogP contribution in [0.4, 0.5) is 0 Å². The maximum atomic E-state index is 11.1. The van der Waals surface area contributed by atoms with Crippen LogP contribution in [0.5, 0.6) is 5.75 Å². The molecule has 5 heteroatoms. The molecule has 19 heavy (non-hydrogen) atoms. The Morgan fingerprint density at radius 1 is 1.37 bits per heavy atom. The zero-order valence-electron chi connectivity index (χ0n) is 10.7. The van der Waals surface area contributed by atoms with Crippen LogP contribution in [0.25, 0.3) is 11.3 Å². The molecule has 1 amide bonds. The van der Waals surface area contributed by atoms with Gasteiger partial charge in [0, 0.05) is 5.56 Å². The van der Waals surface area contributed by atoms with Gasteiger partial charge in [-0.1, -0.05) is 19.1 Å². The topological polar surface area (TPSA) is 78.1 Å². The fraction of sp³-hybridized carbons (Fsp3) is 0.214. The molecule has 2 aromatic rings. The Morgan fingerprint density at radius 3 is 2.95 bits per heavy atom. The zero-order chi connectivity index (χ0) is 13.7. The molecule has 98 valence electrons. The lowest BCUT2D eigenvalue weighted by atomic mass is 10.1. The molecule has 1 heterocycles. The molecule has 0 aliphatic heterocycles. The van der Waals surface area contributed by atoms with E-state index < -0.39 is 5.91 Å². The molecular weight excluding hydrogens is 242 g/mol. The van der Waals surface area contributed by atoms with Crippen molar-refractivity contribution in [1.82, 2.24) is 9.97 Å². The SMILES string of the molecule is CCCOc1cccc(-c2cncc(C(N)=O)n2)c1.